The third-order valence-electron chi connectivity index (χ3n) is 6.53. The van der Waals surface area contributed by atoms with Crippen LogP contribution < -0.4 is 9.47 Å². The minimum atomic E-state index is 0.828. The van der Waals surface area contributed by atoms with Crippen LogP contribution in [0.15, 0.2) is 24.3 Å². The molecule has 0 amide bonds. The van der Waals surface area contributed by atoms with Crippen LogP contribution in [0.5, 0.6) is 11.5 Å². The van der Waals surface area contributed by atoms with E-state index in [1.165, 1.54) is 89.9 Å². The number of benzene rings is 1. The van der Waals surface area contributed by atoms with Gasteiger partial charge in [0.15, 0.2) is 0 Å². The fourth-order valence-corrected chi connectivity index (χ4v) is 4.66. The summed E-state index contributed by atoms with van der Waals surface area (Å²) in [4.78, 5) is 0. The first-order valence-electron chi connectivity index (χ1n) is 12.7. The summed E-state index contributed by atoms with van der Waals surface area (Å²) in [6, 6.07) is 8.20. The van der Waals surface area contributed by atoms with Crippen molar-refractivity contribution < 1.29 is 9.47 Å². The summed E-state index contributed by atoms with van der Waals surface area (Å²) in [6.45, 7) is 6.25. The maximum atomic E-state index is 5.95. The van der Waals surface area contributed by atoms with E-state index in [4.69, 9.17) is 9.47 Å². The lowest BCUT2D eigenvalue weighted by molar-refractivity contribution is 0.230. The van der Waals surface area contributed by atoms with Gasteiger partial charge in [0.2, 0.25) is 0 Å². The fraction of sp³-hybridized carbons (Fsp3) is 0.778. The van der Waals surface area contributed by atoms with Crippen molar-refractivity contribution in [2.75, 3.05) is 13.2 Å². The first-order chi connectivity index (χ1) is 14.3. The predicted octanol–water partition coefficient (Wildman–Crippen LogP) is 8.58. The Bertz CT molecular complexity index is 488. The molecule has 1 fully saturated rings. The predicted molar refractivity (Wildman–Crippen MR) is 125 cm³/mol. The summed E-state index contributed by atoms with van der Waals surface area (Å²) in [7, 11) is 0. The van der Waals surface area contributed by atoms with Crippen molar-refractivity contribution in [2.24, 2.45) is 11.8 Å². The van der Waals surface area contributed by atoms with Crippen molar-refractivity contribution in [1.82, 2.24) is 0 Å². The van der Waals surface area contributed by atoms with E-state index >= 15 is 0 Å². The lowest BCUT2D eigenvalue weighted by atomic mass is 9.78. The zero-order valence-electron chi connectivity index (χ0n) is 19.3. The molecule has 0 atom stereocenters. The second-order valence-electron chi connectivity index (χ2n) is 9.11. The van der Waals surface area contributed by atoms with Crippen molar-refractivity contribution >= 4 is 0 Å². The smallest absolute Gasteiger partial charge is 0.119 e. The first kappa shape index (κ1) is 24.1. The number of ether oxygens (including phenoxy) is 2. The van der Waals surface area contributed by atoms with Gasteiger partial charge in [0.1, 0.15) is 11.5 Å². The molecule has 0 bridgehead atoms. The highest BCUT2D eigenvalue weighted by molar-refractivity contribution is 5.31. The Morgan fingerprint density at radius 3 is 1.62 bits per heavy atom. The monoisotopic (exact) mass is 402 g/mol. The van der Waals surface area contributed by atoms with Crippen LogP contribution in [0.3, 0.4) is 0 Å². The van der Waals surface area contributed by atoms with E-state index in [9.17, 15) is 0 Å². The molecule has 1 aliphatic rings. The molecule has 0 aromatic heterocycles. The molecule has 2 nitrogen and oxygen atoms in total. The van der Waals surface area contributed by atoms with Crippen LogP contribution in [0.1, 0.15) is 110 Å². The summed E-state index contributed by atoms with van der Waals surface area (Å²) in [5, 5.41) is 0. The molecule has 2 rings (SSSR count). The SMILES string of the molecule is CCCCCCCCCOc1ccc(OCCC[C@H]2CC[C@H](CCC)CC2)cc1. The summed E-state index contributed by atoms with van der Waals surface area (Å²) in [6.07, 6.45) is 20.3. The standard InChI is InChI=1S/C27H46O2/c1-3-5-6-7-8-9-10-22-28-26-18-20-27(21-19-26)29-23-11-13-25-16-14-24(12-4-2)15-17-25/h18-21,24-25H,3-17,22-23H2,1-2H3/t24-,25-. The minimum absolute atomic E-state index is 0.828. The number of hydrogen-bond acceptors (Lipinski definition) is 2. The van der Waals surface area contributed by atoms with Gasteiger partial charge in [-0.1, -0.05) is 90.9 Å². The Hall–Kier alpha value is -1.18. The topological polar surface area (TPSA) is 18.5 Å². The molecule has 1 aliphatic carbocycles. The third-order valence-corrected chi connectivity index (χ3v) is 6.53. The Morgan fingerprint density at radius 1 is 0.586 bits per heavy atom. The second-order valence-corrected chi connectivity index (χ2v) is 9.11. The van der Waals surface area contributed by atoms with E-state index in [0.29, 0.717) is 0 Å². The molecule has 29 heavy (non-hydrogen) atoms. The van der Waals surface area contributed by atoms with Crippen LogP contribution in [-0.2, 0) is 0 Å². The van der Waals surface area contributed by atoms with E-state index in [2.05, 4.69) is 26.0 Å². The molecule has 1 aromatic rings. The van der Waals surface area contributed by atoms with E-state index in [-0.39, 0.29) is 0 Å². The van der Waals surface area contributed by atoms with E-state index in [1.807, 2.05) is 12.1 Å². The van der Waals surface area contributed by atoms with Gasteiger partial charge < -0.3 is 9.47 Å². The molecule has 0 radical (unpaired) electrons. The van der Waals surface area contributed by atoms with Crippen molar-refractivity contribution in [2.45, 2.75) is 110 Å². The van der Waals surface area contributed by atoms with Gasteiger partial charge in [0.25, 0.3) is 0 Å². The van der Waals surface area contributed by atoms with Gasteiger partial charge in [-0.3, -0.25) is 0 Å². The van der Waals surface area contributed by atoms with Gasteiger partial charge in [-0.05, 0) is 55.4 Å². The first-order valence-corrected chi connectivity index (χ1v) is 12.7. The highest BCUT2D eigenvalue weighted by atomic mass is 16.5. The molecule has 1 saturated carbocycles. The van der Waals surface area contributed by atoms with Gasteiger partial charge in [0, 0.05) is 0 Å². The van der Waals surface area contributed by atoms with Gasteiger partial charge in [-0.15, -0.1) is 0 Å². The minimum Gasteiger partial charge on any atom is -0.494 e. The average molecular weight is 403 g/mol. The fourth-order valence-electron chi connectivity index (χ4n) is 4.66. The van der Waals surface area contributed by atoms with Gasteiger partial charge >= 0.3 is 0 Å². The maximum Gasteiger partial charge on any atom is 0.119 e. The molecule has 0 saturated heterocycles. The Kier molecular flexibility index (Phi) is 13.0. The van der Waals surface area contributed by atoms with Crippen LogP contribution in [0.2, 0.25) is 0 Å². The van der Waals surface area contributed by atoms with Crippen molar-refractivity contribution in [3.05, 3.63) is 24.3 Å². The van der Waals surface area contributed by atoms with Gasteiger partial charge in [0.05, 0.1) is 13.2 Å². The van der Waals surface area contributed by atoms with Crippen molar-refractivity contribution in [1.29, 1.82) is 0 Å². The zero-order valence-corrected chi connectivity index (χ0v) is 19.3. The zero-order chi connectivity index (χ0) is 20.6. The van der Waals surface area contributed by atoms with Crippen molar-refractivity contribution in [3.63, 3.8) is 0 Å². The Morgan fingerprint density at radius 2 is 1.07 bits per heavy atom. The van der Waals surface area contributed by atoms with E-state index in [1.54, 1.807) is 0 Å². The van der Waals surface area contributed by atoms with Crippen LogP contribution in [-0.4, -0.2) is 13.2 Å². The van der Waals surface area contributed by atoms with Crippen LogP contribution in [0, 0.1) is 11.8 Å². The molecule has 0 aliphatic heterocycles. The molecule has 0 heterocycles. The van der Waals surface area contributed by atoms with Crippen LogP contribution >= 0.6 is 0 Å². The summed E-state index contributed by atoms with van der Waals surface area (Å²) < 4.78 is 11.8. The van der Waals surface area contributed by atoms with Crippen LogP contribution in [0.4, 0.5) is 0 Å². The molecule has 1 aromatic carbocycles. The van der Waals surface area contributed by atoms with Gasteiger partial charge in [-0.2, -0.15) is 0 Å². The number of rotatable bonds is 16. The number of hydrogen-bond donors (Lipinski definition) is 0. The molecule has 166 valence electrons. The van der Waals surface area contributed by atoms with E-state index < -0.39 is 0 Å². The molecular formula is C27H46O2. The second kappa shape index (κ2) is 15.6. The highest BCUT2D eigenvalue weighted by Crippen LogP contribution is 2.33. The molecule has 0 spiro atoms. The van der Waals surface area contributed by atoms with Crippen molar-refractivity contribution in [3.8, 4) is 11.5 Å². The molecular weight excluding hydrogens is 356 g/mol. The highest BCUT2D eigenvalue weighted by Gasteiger charge is 2.20. The normalized spacial score (nSPS) is 19.2. The van der Waals surface area contributed by atoms with Gasteiger partial charge in [-0.25, -0.2) is 0 Å². The lowest BCUT2D eigenvalue weighted by Gasteiger charge is -2.28. The molecule has 2 heteroatoms. The summed E-state index contributed by atoms with van der Waals surface area (Å²) >= 11 is 0. The third kappa shape index (κ3) is 11.0. The largest absolute Gasteiger partial charge is 0.494 e. The Labute approximate surface area is 180 Å². The van der Waals surface area contributed by atoms with Crippen LogP contribution in [0.25, 0.3) is 0 Å². The molecule has 0 unspecified atom stereocenters. The maximum absolute atomic E-state index is 5.95. The molecule has 0 N–H and O–H groups in total. The summed E-state index contributed by atoms with van der Waals surface area (Å²) in [5.74, 6) is 3.89. The summed E-state index contributed by atoms with van der Waals surface area (Å²) in [5.41, 5.74) is 0. The number of unbranched alkanes of at least 4 members (excludes halogenated alkanes) is 6. The Balaban J connectivity index is 1.48. The van der Waals surface area contributed by atoms with E-state index in [0.717, 1.165) is 43.0 Å². The quantitative estimate of drug-likeness (QED) is 0.258. The lowest BCUT2D eigenvalue weighted by Crippen LogP contribution is -2.15. The average Bonchev–Trinajstić information content (AvgIpc) is 2.75.